The number of ether oxygens (including phenoxy) is 1. The van der Waals surface area contributed by atoms with Gasteiger partial charge in [-0.05, 0) is 24.3 Å². The Balaban J connectivity index is 1.68. The molecule has 0 radical (unpaired) electrons. The molecule has 0 bridgehead atoms. The van der Waals surface area contributed by atoms with Gasteiger partial charge in [-0.15, -0.1) is 0 Å². The third-order valence-electron chi connectivity index (χ3n) is 4.84. The Bertz CT molecular complexity index is 1320. The first-order chi connectivity index (χ1) is 14.7. The van der Waals surface area contributed by atoms with E-state index in [1.54, 1.807) is 19.5 Å². The molecule has 0 saturated heterocycles. The molecule has 150 valence electrons. The van der Waals surface area contributed by atoms with Crippen LogP contribution in [-0.2, 0) is 4.74 Å². The molecule has 0 aliphatic heterocycles. The number of H-pyrrole nitrogens is 1. The number of halogens is 1. The summed E-state index contributed by atoms with van der Waals surface area (Å²) >= 11 is 0. The van der Waals surface area contributed by atoms with Crippen LogP contribution in [0.4, 0.5) is 10.2 Å². The van der Waals surface area contributed by atoms with Gasteiger partial charge in [0.2, 0.25) is 0 Å². The Morgan fingerprint density at radius 3 is 2.83 bits per heavy atom. The molecular weight excluding hydrogens is 385 g/mol. The molecule has 1 unspecified atom stereocenters. The normalized spacial score (nSPS) is 12.5. The van der Waals surface area contributed by atoms with Gasteiger partial charge in [-0.1, -0.05) is 18.2 Å². The zero-order valence-corrected chi connectivity index (χ0v) is 16.1. The quantitative estimate of drug-likeness (QED) is 0.450. The van der Waals surface area contributed by atoms with E-state index in [1.807, 2.05) is 34.9 Å². The van der Waals surface area contributed by atoms with Crippen molar-refractivity contribution in [3.05, 3.63) is 72.8 Å². The zero-order valence-electron chi connectivity index (χ0n) is 16.1. The molecule has 30 heavy (non-hydrogen) atoms. The van der Waals surface area contributed by atoms with E-state index in [4.69, 9.17) is 9.72 Å². The minimum atomic E-state index is -0.368. The standard InChI is InChI=1S/C21H18FN7O/c1-30-10-16(27-20-18-19(24-11-23-18)25-12-26-20)21-28-15-8-7-13(22)9-17(15)29(21)14-5-3-2-4-6-14/h2-9,11-12,16H,10H2,1H3,(H2,23,24,25,26,27). The summed E-state index contributed by atoms with van der Waals surface area (Å²) in [6, 6.07) is 13.9. The van der Waals surface area contributed by atoms with Crippen molar-refractivity contribution in [2.45, 2.75) is 6.04 Å². The lowest BCUT2D eigenvalue weighted by Gasteiger charge is -2.20. The lowest BCUT2D eigenvalue weighted by molar-refractivity contribution is 0.183. The maximum absolute atomic E-state index is 14.1. The molecule has 2 aromatic carbocycles. The van der Waals surface area contributed by atoms with Gasteiger partial charge in [-0.3, -0.25) is 4.57 Å². The third kappa shape index (κ3) is 3.15. The first-order valence-corrected chi connectivity index (χ1v) is 9.37. The maximum Gasteiger partial charge on any atom is 0.182 e. The number of imidazole rings is 2. The molecule has 0 amide bonds. The van der Waals surface area contributed by atoms with Crippen LogP contribution in [0, 0.1) is 5.82 Å². The number of hydrogen-bond acceptors (Lipinski definition) is 6. The maximum atomic E-state index is 14.1. The molecule has 8 nitrogen and oxygen atoms in total. The SMILES string of the molecule is COCC(Nc1ncnc2nc[nH]c12)c1nc2ccc(F)cc2n1-c1ccccc1. The summed E-state index contributed by atoms with van der Waals surface area (Å²) < 4.78 is 21.5. The minimum Gasteiger partial charge on any atom is -0.382 e. The van der Waals surface area contributed by atoms with Crippen molar-refractivity contribution in [2.75, 3.05) is 19.0 Å². The first kappa shape index (κ1) is 18.2. The smallest absolute Gasteiger partial charge is 0.182 e. The molecule has 5 aromatic rings. The molecule has 0 spiro atoms. The van der Waals surface area contributed by atoms with E-state index in [0.29, 0.717) is 40.4 Å². The van der Waals surface area contributed by atoms with Gasteiger partial charge in [0.25, 0.3) is 0 Å². The number of rotatable bonds is 6. The average Bonchev–Trinajstić information content (AvgIpc) is 3.39. The van der Waals surface area contributed by atoms with Gasteiger partial charge in [0.15, 0.2) is 11.5 Å². The number of aromatic nitrogens is 6. The van der Waals surface area contributed by atoms with Gasteiger partial charge < -0.3 is 15.0 Å². The molecule has 0 saturated carbocycles. The van der Waals surface area contributed by atoms with E-state index >= 15 is 0 Å². The molecule has 0 fully saturated rings. The topological polar surface area (TPSA) is 93.5 Å². The van der Waals surface area contributed by atoms with Crippen LogP contribution in [0.2, 0.25) is 0 Å². The van der Waals surface area contributed by atoms with Crippen LogP contribution < -0.4 is 5.32 Å². The van der Waals surface area contributed by atoms with Crippen molar-refractivity contribution in [2.24, 2.45) is 0 Å². The van der Waals surface area contributed by atoms with E-state index in [0.717, 1.165) is 5.69 Å². The van der Waals surface area contributed by atoms with Crippen LogP contribution in [0.3, 0.4) is 0 Å². The van der Waals surface area contributed by atoms with Crippen LogP contribution >= 0.6 is 0 Å². The Morgan fingerprint density at radius 1 is 1.13 bits per heavy atom. The highest BCUT2D eigenvalue weighted by atomic mass is 19.1. The Hall–Kier alpha value is -3.85. The highest BCUT2D eigenvalue weighted by Crippen LogP contribution is 2.29. The number of benzene rings is 2. The van der Waals surface area contributed by atoms with Crippen LogP contribution in [0.1, 0.15) is 11.9 Å². The number of para-hydroxylation sites is 1. The predicted molar refractivity (Wildman–Crippen MR) is 111 cm³/mol. The summed E-state index contributed by atoms with van der Waals surface area (Å²) in [7, 11) is 1.62. The van der Waals surface area contributed by atoms with E-state index in [-0.39, 0.29) is 11.9 Å². The van der Waals surface area contributed by atoms with Gasteiger partial charge in [-0.2, -0.15) is 0 Å². The van der Waals surface area contributed by atoms with Crippen LogP contribution in [0.5, 0.6) is 0 Å². The van der Waals surface area contributed by atoms with Crippen molar-refractivity contribution in [1.82, 2.24) is 29.5 Å². The number of nitrogens with one attached hydrogen (secondary N) is 2. The van der Waals surface area contributed by atoms with Gasteiger partial charge in [-0.25, -0.2) is 24.3 Å². The Labute approximate surface area is 170 Å². The van der Waals surface area contributed by atoms with Gasteiger partial charge >= 0.3 is 0 Å². The lowest BCUT2D eigenvalue weighted by Crippen LogP contribution is -2.21. The minimum absolute atomic E-state index is 0.318. The molecule has 5 rings (SSSR count). The highest BCUT2D eigenvalue weighted by molar-refractivity contribution is 5.82. The van der Waals surface area contributed by atoms with Crippen molar-refractivity contribution in [3.63, 3.8) is 0 Å². The molecule has 2 N–H and O–H groups in total. The number of nitrogens with zero attached hydrogens (tertiary/aromatic N) is 5. The van der Waals surface area contributed by atoms with E-state index in [2.05, 4.69) is 25.3 Å². The molecule has 1 atom stereocenters. The number of fused-ring (bicyclic) bond motifs is 2. The summed E-state index contributed by atoms with van der Waals surface area (Å²) in [6.07, 6.45) is 3.02. The summed E-state index contributed by atoms with van der Waals surface area (Å²) in [4.78, 5) is 20.5. The fourth-order valence-electron chi connectivity index (χ4n) is 3.54. The summed E-state index contributed by atoms with van der Waals surface area (Å²) in [5.41, 5.74) is 3.48. The molecule has 0 aliphatic carbocycles. The molecule has 3 heterocycles. The molecule has 0 aliphatic rings. The number of aromatic amines is 1. The third-order valence-corrected chi connectivity index (χ3v) is 4.84. The van der Waals surface area contributed by atoms with E-state index in [1.165, 1.54) is 18.5 Å². The monoisotopic (exact) mass is 403 g/mol. The second kappa shape index (κ2) is 7.53. The lowest BCUT2D eigenvalue weighted by atomic mass is 10.2. The van der Waals surface area contributed by atoms with E-state index in [9.17, 15) is 4.39 Å². The van der Waals surface area contributed by atoms with Crippen LogP contribution in [0.15, 0.2) is 61.2 Å². The number of methoxy groups -OCH3 is 1. The van der Waals surface area contributed by atoms with Crippen LogP contribution in [0.25, 0.3) is 27.9 Å². The molecular formula is C21H18FN7O. The predicted octanol–water partition coefficient (Wildman–Crippen LogP) is 3.63. The van der Waals surface area contributed by atoms with Crippen molar-refractivity contribution in [1.29, 1.82) is 0 Å². The van der Waals surface area contributed by atoms with Gasteiger partial charge in [0, 0.05) is 18.9 Å². The summed E-state index contributed by atoms with van der Waals surface area (Å²) in [6.45, 7) is 0.318. The second-order valence-electron chi connectivity index (χ2n) is 6.75. The van der Waals surface area contributed by atoms with Crippen LogP contribution in [-0.4, -0.2) is 43.2 Å². The second-order valence-corrected chi connectivity index (χ2v) is 6.75. The first-order valence-electron chi connectivity index (χ1n) is 9.37. The van der Waals surface area contributed by atoms with E-state index < -0.39 is 0 Å². The fraction of sp³-hybridized carbons (Fsp3) is 0.143. The Morgan fingerprint density at radius 2 is 2.00 bits per heavy atom. The molecule has 3 aromatic heterocycles. The number of hydrogen-bond donors (Lipinski definition) is 2. The largest absolute Gasteiger partial charge is 0.382 e. The highest BCUT2D eigenvalue weighted by Gasteiger charge is 2.23. The average molecular weight is 403 g/mol. The summed E-state index contributed by atoms with van der Waals surface area (Å²) in [5.74, 6) is 0.935. The molecule has 9 heteroatoms. The van der Waals surface area contributed by atoms with Crippen molar-refractivity contribution < 1.29 is 9.13 Å². The Kier molecular flexibility index (Phi) is 4.56. The van der Waals surface area contributed by atoms with Crippen molar-refractivity contribution >= 4 is 28.0 Å². The number of anilines is 1. The van der Waals surface area contributed by atoms with Gasteiger partial charge in [0.1, 0.15) is 29.5 Å². The summed E-state index contributed by atoms with van der Waals surface area (Å²) in [5, 5.41) is 3.39. The van der Waals surface area contributed by atoms with Gasteiger partial charge in [0.05, 0.1) is 24.0 Å². The van der Waals surface area contributed by atoms with Crippen molar-refractivity contribution in [3.8, 4) is 5.69 Å². The fourth-order valence-corrected chi connectivity index (χ4v) is 3.54. The zero-order chi connectivity index (χ0) is 20.5.